The van der Waals surface area contributed by atoms with Crippen molar-refractivity contribution in [2.24, 2.45) is 0 Å². The lowest BCUT2D eigenvalue weighted by Gasteiger charge is -2.12. The number of fused-ring (bicyclic) bond motifs is 1. The summed E-state index contributed by atoms with van der Waals surface area (Å²) in [7, 11) is 0. The van der Waals surface area contributed by atoms with Crippen LogP contribution in [-0.4, -0.2) is 20.4 Å². The molecule has 2 aromatic carbocycles. The first-order chi connectivity index (χ1) is 13.8. The first kappa shape index (κ1) is 19.1. The molecule has 0 atom stereocenters. The zero-order chi connectivity index (χ0) is 20.6. The topological polar surface area (TPSA) is 62.7 Å². The van der Waals surface area contributed by atoms with E-state index in [1.165, 1.54) is 24.7 Å². The quantitative estimate of drug-likeness (QED) is 0.470. The van der Waals surface area contributed by atoms with E-state index in [-0.39, 0.29) is 23.2 Å². The third-order valence-corrected chi connectivity index (χ3v) is 4.79. The summed E-state index contributed by atoms with van der Waals surface area (Å²) >= 11 is 5.78. The maximum atomic E-state index is 12.9. The number of carbonyl (C=O) groups excluding carboxylic acids is 1. The van der Waals surface area contributed by atoms with Gasteiger partial charge in [-0.2, -0.15) is 13.2 Å². The number of hydrogen-bond acceptors (Lipinski definition) is 2. The molecule has 0 radical (unpaired) electrons. The van der Waals surface area contributed by atoms with Crippen LogP contribution in [-0.2, 0) is 12.7 Å². The average Bonchev–Trinajstić information content (AvgIpc) is 3.28. The van der Waals surface area contributed by atoms with Gasteiger partial charge in [0, 0.05) is 23.6 Å². The number of rotatable bonds is 4. The Balaban J connectivity index is 1.56. The van der Waals surface area contributed by atoms with Gasteiger partial charge in [0.2, 0.25) is 0 Å². The molecule has 0 unspecified atom stereocenters. The monoisotopic (exact) mass is 418 g/mol. The summed E-state index contributed by atoms with van der Waals surface area (Å²) in [4.78, 5) is 19.8. The van der Waals surface area contributed by atoms with Crippen LogP contribution in [0.5, 0.6) is 0 Å². The van der Waals surface area contributed by atoms with Crippen molar-refractivity contribution in [1.82, 2.24) is 14.5 Å². The van der Waals surface area contributed by atoms with Gasteiger partial charge in [-0.3, -0.25) is 4.79 Å². The molecule has 2 heterocycles. The minimum absolute atomic E-state index is 0.147. The first-order valence-electron chi connectivity index (χ1n) is 8.56. The highest BCUT2D eigenvalue weighted by Crippen LogP contribution is 2.35. The van der Waals surface area contributed by atoms with E-state index in [0.717, 1.165) is 17.0 Å². The molecule has 0 saturated heterocycles. The van der Waals surface area contributed by atoms with Crippen LogP contribution in [0.3, 0.4) is 0 Å². The summed E-state index contributed by atoms with van der Waals surface area (Å²) in [5.74, 6) is -0.384. The Morgan fingerprint density at radius 3 is 2.76 bits per heavy atom. The highest BCUT2D eigenvalue weighted by molar-refractivity contribution is 6.31. The number of carbonyl (C=O) groups is 1. The Morgan fingerprint density at radius 2 is 2.00 bits per heavy atom. The van der Waals surface area contributed by atoms with Crippen LogP contribution in [0.2, 0.25) is 5.02 Å². The van der Waals surface area contributed by atoms with Crippen LogP contribution in [0.4, 0.5) is 18.9 Å². The standard InChI is InChI=1S/C20H14ClF3N4O/c21-15-7-12(5-6-14(15)20(22,23)24)10-28-11-25-9-18(28)19(29)27-17-8-26-16-4-2-1-3-13(16)17/h1-9,11,26H,10H2,(H,27,29). The molecule has 9 heteroatoms. The van der Waals surface area contributed by atoms with Crippen molar-refractivity contribution < 1.29 is 18.0 Å². The predicted molar refractivity (Wildman–Crippen MR) is 104 cm³/mol. The Labute approximate surface area is 168 Å². The molecule has 0 bridgehead atoms. The number of halogens is 4. The second-order valence-corrected chi connectivity index (χ2v) is 6.83. The van der Waals surface area contributed by atoms with Gasteiger partial charge in [-0.1, -0.05) is 35.9 Å². The van der Waals surface area contributed by atoms with Crippen molar-refractivity contribution in [2.45, 2.75) is 12.7 Å². The van der Waals surface area contributed by atoms with Crippen molar-refractivity contribution in [3.05, 3.63) is 83.0 Å². The number of amides is 1. The lowest BCUT2D eigenvalue weighted by molar-refractivity contribution is -0.137. The Hall–Kier alpha value is -3.26. The van der Waals surface area contributed by atoms with Gasteiger partial charge in [-0.25, -0.2) is 4.98 Å². The predicted octanol–water partition coefficient (Wildman–Crippen LogP) is 5.34. The summed E-state index contributed by atoms with van der Waals surface area (Å²) in [6.45, 7) is 0.147. The molecule has 0 aliphatic heterocycles. The van der Waals surface area contributed by atoms with E-state index < -0.39 is 11.7 Å². The SMILES string of the molecule is O=C(Nc1c[nH]c2ccccc12)c1cncn1Cc1ccc(C(F)(F)F)c(Cl)c1. The lowest BCUT2D eigenvalue weighted by Crippen LogP contribution is -2.17. The van der Waals surface area contributed by atoms with Crippen LogP contribution in [0, 0.1) is 0 Å². The number of alkyl halides is 3. The van der Waals surface area contributed by atoms with Crippen molar-refractivity contribution in [2.75, 3.05) is 5.32 Å². The van der Waals surface area contributed by atoms with Crippen LogP contribution in [0.15, 0.2) is 61.2 Å². The summed E-state index contributed by atoms with van der Waals surface area (Å²) in [5, 5.41) is 3.30. The molecule has 148 valence electrons. The molecule has 5 nitrogen and oxygen atoms in total. The number of para-hydroxylation sites is 1. The maximum absolute atomic E-state index is 12.9. The van der Waals surface area contributed by atoms with Crippen molar-refractivity contribution in [3.63, 3.8) is 0 Å². The number of nitrogens with zero attached hydrogens (tertiary/aromatic N) is 2. The van der Waals surface area contributed by atoms with Gasteiger partial charge in [0.1, 0.15) is 5.69 Å². The second kappa shape index (κ2) is 7.29. The molecule has 0 spiro atoms. The molecule has 2 N–H and O–H groups in total. The van der Waals surface area contributed by atoms with E-state index in [1.807, 2.05) is 24.3 Å². The molecule has 4 rings (SSSR count). The van der Waals surface area contributed by atoms with Gasteiger partial charge in [-0.15, -0.1) is 0 Å². The van der Waals surface area contributed by atoms with Gasteiger partial charge >= 0.3 is 6.18 Å². The highest BCUT2D eigenvalue weighted by Gasteiger charge is 2.33. The van der Waals surface area contributed by atoms with Crippen LogP contribution in [0.25, 0.3) is 10.9 Å². The average molecular weight is 419 g/mol. The van der Waals surface area contributed by atoms with Crippen LogP contribution >= 0.6 is 11.6 Å². The normalized spacial score (nSPS) is 11.7. The van der Waals surface area contributed by atoms with Gasteiger partial charge in [0.05, 0.1) is 28.8 Å². The fraction of sp³-hybridized carbons (Fsp3) is 0.100. The smallest absolute Gasteiger partial charge is 0.359 e. The van der Waals surface area contributed by atoms with Gasteiger partial charge < -0.3 is 14.9 Å². The first-order valence-corrected chi connectivity index (χ1v) is 8.94. The fourth-order valence-electron chi connectivity index (χ4n) is 3.08. The molecule has 2 aromatic heterocycles. The number of anilines is 1. The van der Waals surface area contributed by atoms with Crippen molar-refractivity contribution in [1.29, 1.82) is 0 Å². The van der Waals surface area contributed by atoms with E-state index in [1.54, 1.807) is 10.8 Å². The number of aromatic nitrogens is 3. The minimum Gasteiger partial charge on any atom is -0.359 e. The third-order valence-electron chi connectivity index (χ3n) is 4.47. The van der Waals surface area contributed by atoms with Crippen LogP contribution in [0.1, 0.15) is 21.6 Å². The van der Waals surface area contributed by atoms with E-state index >= 15 is 0 Å². The second-order valence-electron chi connectivity index (χ2n) is 6.42. The van der Waals surface area contributed by atoms with E-state index in [2.05, 4.69) is 15.3 Å². The number of benzene rings is 2. The van der Waals surface area contributed by atoms with Gasteiger partial charge in [0.15, 0.2) is 0 Å². The largest absolute Gasteiger partial charge is 0.417 e. The molecular weight excluding hydrogens is 405 g/mol. The van der Waals surface area contributed by atoms with Crippen molar-refractivity contribution in [3.8, 4) is 0 Å². The number of hydrogen-bond donors (Lipinski definition) is 2. The van der Waals surface area contributed by atoms with E-state index in [4.69, 9.17) is 11.6 Å². The van der Waals surface area contributed by atoms with Gasteiger partial charge in [-0.05, 0) is 23.8 Å². The number of imidazole rings is 1. The number of aromatic amines is 1. The maximum Gasteiger partial charge on any atom is 0.417 e. The molecular formula is C20H14ClF3N4O. The fourth-order valence-corrected chi connectivity index (χ4v) is 3.39. The zero-order valence-corrected chi connectivity index (χ0v) is 15.6. The number of H-pyrrole nitrogens is 1. The highest BCUT2D eigenvalue weighted by atomic mass is 35.5. The molecule has 0 aliphatic rings. The molecule has 1 amide bonds. The molecule has 0 fully saturated rings. The summed E-state index contributed by atoms with van der Waals surface area (Å²) < 4.78 is 40.1. The van der Waals surface area contributed by atoms with E-state index in [0.29, 0.717) is 11.3 Å². The molecule has 0 aliphatic carbocycles. The number of nitrogens with one attached hydrogen (secondary N) is 2. The lowest BCUT2D eigenvalue weighted by atomic mass is 10.1. The van der Waals surface area contributed by atoms with Crippen molar-refractivity contribution >= 4 is 34.1 Å². The third kappa shape index (κ3) is 3.84. The summed E-state index contributed by atoms with van der Waals surface area (Å²) in [6, 6.07) is 11.0. The Bertz CT molecular complexity index is 1200. The Kier molecular flexibility index (Phi) is 4.79. The Morgan fingerprint density at radius 1 is 1.21 bits per heavy atom. The van der Waals surface area contributed by atoms with Gasteiger partial charge in [0.25, 0.3) is 5.91 Å². The van der Waals surface area contributed by atoms with Crippen LogP contribution < -0.4 is 5.32 Å². The minimum atomic E-state index is -4.52. The summed E-state index contributed by atoms with van der Waals surface area (Å²) in [6.07, 6.45) is 0.0134. The van der Waals surface area contributed by atoms with E-state index in [9.17, 15) is 18.0 Å². The summed E-state index contributed by atoms with van der Waals surface area (Å²) in [5.41, 5.74) is 1.39. The molecule has 4 aromatic rings. The molecule has 29 heavy (non-hydrogen) atoms. The molecule has 0 saturated carbocycles. The zero-order valence-electron chi connectivity index (χ0n) is 14.8.